The van der Waals surface area contributed by atoms with Crippen molar-refractivity contribution >= 4 is 0 Å². The van der Waals surface area contributed by atoms with Crippen LogP contribution in [0.3, 0.4) is 0 Å². The summed E-state index contributed by atoms with van der Waals surface area (Å²) in [5.41, 5.74) is 5.92. The number of hydrogen-bond acceptors (Lipinski definition) is 3. The van der Waals surface area contributed by atoms with Gasteiger partial charge in [0.2, 0.25) is 0 Å². The molecule has 2 unspecified atom stereocenters. The van der Waals surface area contributed by atoms with Gasteiger partial charge in [-0.1, -0.05) is 6.92 Å². The molecule has 3 heteroatoms. The van der Waals surface area contributed by atoms with Crippen molar-refractivity contribution in [3.8, 4) is 0 Å². The Morgan fingerprint density at radius 2 is 2.15 bits per heavy atom. The van der Waals surface area contributed by atoms with Gasteiger partial charge in [-0.25, -0.2) is 0 Å². The van der Waals surface area contributed by atoms with Crippen molar-refractivity contribution in [3.63, 3.8) is 0 Å². The summed E-state index contributed by atoms with van der Waals surface area (Å²) in [6.45, 7) is 10.4. The van der Waals surface area contributed by atoms with Crippen LogP contribution in [0.1, 0.15) is 20.8 Å². The summed E-state index contributed by atoms with van der Waals surface area (Å²) < 4.78 is 5.49. The summed E-state index contributed by atoms with van der Waals surface area (Å²) in [6, 6.07) is 0.360. The van der Waals surface area contributed by atoms with Gasteiger partial charge in [0.25, 0.3) is 0 Å². The van der Waals surface area contributed by atoms with Crippen LogP contribution >= 0.6 is 0 Å². The number of rotatable bonds is 4. The topological polar surface area (TPSA) is 38.5 Å². The zero-order chi connectivity index (χ0) is 9.84. The molecule has 1 heterocycles. The quantitative estimate of drug-likeness (QED) is 0.702. The highest BCUT2D eigenvalue weighted by Gasteiger charge is 2.25. The first-order valence-corrected chi connectivity index (χ1v) is 5.19. The van der Waals surface area contributed by atoms with Crippen molar-refractivity contribution in [1.82, 2.24) is 4.90 Å². The van der Waals surface area contributed by atoms with Crippen LogP contribution in [0.2, 0.25) is 0 Å². The Balaban J connectivity index is 2.10. The fraction of sp³-hybridized carbons (Fsp3) is 1.00. The molecule has 1 rings (SSSR count). The molecule has 13 heavy (non-hydrogen) atoms. The molecule has 0 saturated carbocycles. The predicted octanol–water partition coefficient (Wildman–Crippen LogP) is 0.690. The van der Waals surface area contributed by atoms with Crippen LogP contribution in [0.25, 0.3) is 0 Å². The Kier molecular flexibility index (Phi) is 4.16. The van der Waals surface area contributed by atoms with Crippen molar-refractivity contribution in [2.24, 2.45) is 11.7 Å². The van der Waals surface area contributed by atoms with Crippen LogP contribution in [-0.2, 0) is 4.74 Å². The third kappa shape index (κ3) is 3.63. The third-order valence-electron chi connectivity index (χ3n) is 2.60. The molecule has 2 N–H and O–H groups in total. The van der Waals surface area contributed by atoms with Crippen LogP contribution in [-0.4, -0.2) is 43.3 Å². The molecule has 0 aromatic heterocycles. The van der Waals surface area contributed by atoms with Gasteiger partial charge in [-0.05, 0) is 19.8 Å². The number of nitrogens with two attached hydrogens (primary N) is 1. The van der Waals surface area contributed by atoms with Gasteiger partial charge >= 0.3 is 0 Å². The molecule has 0 aromatic rings. The summed E-state index contributed by atoms with van der Waals surface area (Å²) in [4.78, 5) is 2.39. The van der Waals surface area contributed by atoms with E-state index in [2.05, 4.69) is 25.7 Å². The standard InChI is InChI=1S/C10H22N2O/c1-8(2)13-5-4-12-6-9(3)10(11)7-12/h8-10H,4-7,11H2,1-3H3. The highest BCUT2D eigenvalue weighted by molar-refractivity contribution is 4.83. The van der Waals surface area contributed by atoms with Crippen LogP contribution in [0.15, 0.2) is 0 Å². The normalized spacial score (nSPS) is 30.2. The smallest absolute Gasteiger partial charge is 0.0596 e. The Morgan fingerprint density at radius 1 is 1.46 bits per heavy atom. The lowest BCUT2D eigenvalue weighted by Gasteiger charge is -2.16. The monoisotopic (exact) mass is 186 g/mol. The molecule has 0 spiro atoms. The Bertz CT molecular complexity index is 140. The highest BCUT2D eigenvalue weighted by atomic mass is 16.5. The van der Waals surface area contributed by atoms with E-state index in [0.717, 1.165) is 26.2 Å². The van der Waals surface area contributed by atoms with E-state index in [1.54, 1.807) is 0 Å². The second-order valence-electron chi connectivity index (χ2n) is 4.32. The molecule has 1 saturated heterocycles. The van der Waals surface area contributed by atoms with Crippen molar-refractivity contribution in [1.29, 1.82) is 0 Å². The first-order chi connectivity index (χ1) is 6.09. The van der Waals surface area contributed by atoms with Gasteiger partial charge in [-0.3, -0.25) is 4.90 Å². The maximum Gasteiger partial charge on any atom is 0.0596 e. The van der Waals surface area contributed by atoms with Gasteiger partial charge in [0.05, 0.1) is 12.7 Å². The average Bonchev–Trinajstić information content (AvgIpc) is 2.30. The van der Waals surface area contributed by atoms with Gasteiger partial charge in [0.1, 0.15) is 0 Å². The molecule has 0 aliphatic carbocycles. The zero-order valence-electron chi connectivity index (χ0n) is 8.99. The van der Waals surface area contributed by atoms with Crippen LogP contribution in [0.4, 0.5) is 0 Å². The molecule has 3 nitrogen and oxygen atoms in total. The van der Waals surface area contributed by atoms with E-state index in [1.165, 1.54) is 0 Å². The lowest BCUT2D eigenvalue weighted by molar-refractivity contribution is 0.0629. The number of nitrogens with zero attached hydrogens (tertiary/aromatic N) is 1. The minimum atomic E-state index is 0.341. The fourth-order valence-corrected chi connectivity index (χ4v) is 1.70. The first-order valence-electron chi connectivity index (χ1n) is 5.19. The zero-order valence-corrected chi connectivity index (χ0v) is 8.99. The Hall–Kier alpha value is -0.120. The van der Waals surface area contributed by atoms with Gasteiger partial charge in [0.15, 0.2) is 0 Å². The molecule has 0 aromatic carbocycles. The van der Waals surface area contributed by atoms with E-state index in [4.69, 9.17) is 10.5 Å². The summed E-state index contributed by atoms with van der Waals surface area (Å²) in [6.07, 6.45) is 0.341. The molecular formula is C10H22N2O. The van der Waals surface area contributed by atoms with Crippen LogP contribution < -0.4 is 5.73 Å². The molecule has 0 bridgehead atoms. The third-order valence-corrected chi connectivity index (χ3v) is 2.60. The van der Waals surface area contributed by atoms with E-state index < -0.39 is 0 Å². The van der Waals surface area contributed by atoms with Gasteiger partial charge < -0.3 is 10.5 Å². The van der Waals surface area contributed by atoms with Crippen molar-refractivity contribution in [3.05, 3.63) is 0 Å². The second kappa shape index (κ2) is 4.94. The minimum Gasteiger partial charge on any atom is -0.377 e. The maximum atomic E-state index is 5.92. The summed E-state index contributed by atoms with van der Waals surface area (Å²) in [5.74, 6) is 0.638. The summed E-state index contributed by atoms with van der Waals surface area (Å²) >= 11 is 0. The SMILES string of the molecule is CC(C)OCCN1CC(C)C(N)C1. The first kappa shape index (κ1) is 11.0. The molecule has 1 fully saturated rings. The number of likely N-dealkylation sites (tertiary alicyclic amines) is 1. The number of ether oxygens (including phenoxy) is 1. The second-order valence-corrected chi connectivity index (χ2v) is 4.32. The van der Waals surface area contributed by atoms with Gasteiger partial charge in [-0.2, -0.15) is 0 Å². The molecule has 1 aliphatic rings. The van der Waals surface area contributed by atoms with E-state index in [9.17, 15) is 0 Å². The van der Waals surface area contributed by atoms with Gasteiger partial charge in [0, 0.05) is 25.7 Å². The average molecular weight is 186 g/mol. The maximum absolute atomic E-state index is 5.92. The van der Waals surface area contributed by atoms with E-state index >= 15 is 0 Å². The van der Waals surface area contributed by atoms with Crippen molar-refractivity contribution in [2.75, 3.05) is 26.2 Å². The number of hydrogen-bond donors (Lipinski definition) is 1. The largest absolute Gasteiger partial charge is 0.377 e. The lowest BCUT2D eigenvalue weighted by Crippen LogP contribution is -2.30. The molecule has 1 aliphatic heterocycles. The van der Waals surface area contributed by atoms with Gasteiger partial charge in [-0.15, -0.1) is 0 Å². The van der Waals surface area contributed by atoms with E-state index in [-0.39, 0.29) is 0 Å². The van der Waals surface area contributed by atoms with E-state index in [1.807, 2.05) is 0 Å². The molecule has 0 amide bonds. The highest BCUT2D eigenvalue weighted by Crippen LogP contribution is 2.13. The van der Waals surface area contributed by atoms with Crippen molar-refractivity contribution < 1.29 is 4.74 Å². The fourth-order valence-electron chi connectivity index (χ4n) is 1.70. The molecule has 2 atom stereocenters. The Labute approximate surface area is 81.2 Å². The Morgan fingerprint density at radius 3 is 2.62 bits per heavy atom. The van der Waals surface area contributed by atoms with Crippen LogP contribution in [0, 0.1) is 5.92 Å². The van der Waals surface area contributed by atoms with Crippen LogP contribution in [0.5, 0.6) is 0 Å². The molecule has 78 valence electrons. The van der Waals surface area contributed by atoms with Crippen molar-refractivity contribution in [2.45, 2.75) is 32.9 Å². The summed E-state index contributed by atoms with van der Waals surface area (Å²) in [7, 11) is 0. The lowest BCUT2D eigenvalue weighted by atomic mass is 10.1. The van der Waals surface area contributed by atoms with E-state index in [0.29, 0.717) is 18.1 Å². The predicted molar refractivity (Wildman–Crippen MR) is 54.7 cm³/mol. The summed E-state index contributed by atoms with van der Waals surface area (Å²) in [5, 5.41) is 0. The molecule has 0 radical (unpaired) electrons. The minimum absolute atomic E-state index is 0.341. The molecular weight excluding hydrogens is 164 g/mol.